The van der Waals surface area contributed by atoms with Crippen LogP contribution in [-0.2, 0) is 11.3 Å². The number of pyridine rings is 1. The lowest BCUT2D eigenvalue weighted by Gasteiger charge is -2.26. The van der Waals surface area contributed by atoms with E-state index in [1.54, 1.807) is 51.2 Å². The van der Waals surface area contributed by atoms with E-state index in [2.05, 4.69) is 25.3 Å². The molecular weight excluding hydrogens is 462 g/mol. The highest BCUT2D eigenvalue weighted by Gasteiger charge is 2.21. The monoisotopic (exact) mass is 487 g/mol. The second-order valence-corrected chi connectivity index (χ2v) is 10.1. The molecule has 3 N–H and O–H groups in total. The maximum absolute atomic E-state index is 13.0. The van der Waals surface area contributed by atoms with Crippen molar-refractivity contribution in [3.63, 3.8) is 0 Å². The number of halogens is 1. The minimum atomic E-state index is -0.588. The minimum absolute atomic E-state index is 0.205. The van der Waals surface area contributed by atoms with Gasteiger partial charge in [-0.1, -0.05) is 17.7 Å². The Kier molecular flexibility index (Phi) is 6.71. The summed E-state index contributed by atoms with van der Waals surface area (Å²) in [4.78, 5) is 29.4. The lowest BCUT2D eigenvalue weighted by Crippen LogP contribution is -2.32. The predicted octanol–water partition coefficient (Wildman–Crippen LogP) is 5.59. The van der Waals surface area contributed by atoms with E-state index in [1.807, 2.05) is 0 Å². The van der Waals surface area contributed by atoms with Crippen LogP contribution < -0.4 is 16.0 Å². The molecule has 4 rings (SSSR count). The van der Waals surface area contributed by atoms with Gasteiger partial charge in [-0.05, 0) is 75.3 Å². The van der Waals surface area contributed by atoms with Crippen LogP contribution in [0.5, 0.6) is 0 Å². The number of carbonyl (C=O) groups is 2. The van der Waals surface area contributed by atoms with Gasteiger partial charge in [0.05, 0.1) is 21.0 Å². The predicted molar refractivity (Wildman–Crippen MR) is 131 cm³/mol. The highest BCUT2D eigenvalue weighted by molar-refractivity contribution is 7.14. The molecule has 0 aliphatic heterocycles. The standard InChI is InChI=1S/C23H26ClN5O3S/c1-23(2,3)32-22(31)26-12-13-7-8-16(24)15(11-13)21(30)28-17-9-10-25-18-19(17)33-29-20(18)27-14-5-4-6-14/h7-11,14H,4-6,12H2,1-3H3,(H,26,31)(H,27,29)(H,25,28,30). The molecular formula is C23H26ClN5O3S. The molecule has 2 aromatic heterocycles. The van der Waals surface area contributed by atoms with Gasteiger partial charge in [-0.3, -0.25) is 9.78 Å². The Morgan fingerprint density at radius 3 is 2.73 bits per heavy atom. The van der Waals surface area contributed by atoms with Gasteiger partial charge >= 0.3 is 6.09 Å². The molecule has 0 spiro atoms. The highest BCUT2D eigenvalue weighted by atomic mass is 35.5. The molecule has 2 heterocycles. The number of nitrogens with one attached hydrogen (secondary N) is 3. The van der Waals surface area contributed by atoms with E-state index in [4.69, 9.17) is 16.3 Å². The number of aromatic nitrogens is 2. The molecule has 3 aromatic rings. The van der Waals surface area contributed by atoms with Crippen LogP contribution in [0.25, 0.3) is 10.2 Å². The van der Waals surface area contributed by atoms with Crippen LogP contribution in [0, 0.1) is 0 Å². The first kappa shape index (κ1) is 23.3. The van der Waals surface area contributed by atoms with Crippen molar-refractivity contribution in [1.29, 1.82) is 0 Å². The lowest BCUT2D eigenvalue weighted by atomic mass is 9.93. The third kappa shape index (κ3) is 5.72. The van der Waals surface area contributed by atoms with Crippen LogP contribution in [-0.4, -0.2) is 33.0 Å². The first-order valence-corrected chi connectivity index (χ1v) is 11.9. The summed E-state index contributed by atoms with van der Waals surface area (Å²) in [6.07, 6.45) is 4.61. The molecule has 8 nitrogen and oxygen atoms in total. The zero-order chi connectivity index (χ0) is 23.6. The number of benzene rings is 1. The van der Waals surface area contributed by atoms with Crippen LogP contribution in [0.15, 0.2) is 30.5 Å². The van der Waals surface area contributed by atoms with E-state index in [-0.39, 0.29) is 12.5 Å². The fourth-order valence-corrected chi connectivity index (χ4v) is 4.30. The third-order valence-corrected chi connectivity index (χ3v) is 6.36. The molecule has 0 atom stereocenters. The number of fused-ring (bicyclic) bond motifs is 1. The highest BCUT2D eigenvalue weighted by Crippen LogP contribution is 2.33. The number of amides is 2. The van der Waals surface area contributed by atoms with Crippen LogP contribution in [0.1, 0.15) is 56.0 Å². The van der Waals surface area contributed by atoms with Crippen LogP contribution >= 0.6 is 23.1 Å². The molecule has 33 heavy (non-hydrogen) atoms. The van der Waals surface area contributed by atoms with E-state index in [0.717, 1.165) is 34.4 Å². The van der Waals surface area contributed by atoms with Gasteiger partial charge in [0.2, 0.25) is 0 Å². The zero-order valence-electron chi connectivity index (χ0n) is 18.7. The van der Waals surface area contributed by atoms with Crippen molar-refractivity contribution < 1.29 is 14.3 Å². The maximum atomic E-state index is 13.0. The van der Waals surface area contributed by atoms with Crippen molar-refractivity contribution >= 4 is 56.9 Å². The Morgan fingerprint density at radius 1 is 1.24 bits per heavy atom. The topological polar surface area (TPSA) is 105 Å². The van der Waals surface area contributed by atoms with Crippen molar-refractivity contribution in [2.24, 2.45) is 0 Å². The van der Waals surface area contributed by atoms with E-state index < -0.39 is 11.7 Å². The minimum Gasteiger partial charge on any atom is -0.444 e. The van der Waals surface area contributed by atoms with Gasteiger partial charge < -0.3 is 20.7 Å². The fraction of sp³-hybridized carbons (Fsp3) is 0.391. The van der Waals surface area contributed by atoms with Crippen LogP contribution in [0.2, 0.25) is 5.02 Å². The van der Waals surface area contributed by atoms with E-state index in [9.17, 15) is 9.59 Å². The average Bonchev–Trinajstić information content (AvgIpc) is 3.13. The summed E-state index contributed by atoms with van der Waals surface area (Å²) in [5.74, 6) is 0.401. The number of hydrogen-bond acceptors (Lipinski definition) is 7. The molecule has 1 aliphatic rings. The second-order valence-electron chi connectivity index (χ2n) is 8.96. The summed E-state index contributed by atoms with van der Waals surface area (Å²) in [6.45, 7) is 5.59. The first-order valence-electron chi connectivity index (χ1n) is 10.8. The molecule has 1 fully saturated rings. The molecule has 0 bridgehead atoms. The summed E-state index contributed by atoms with van der Waals surface area (Å²) < 4.78 is 10.5. The smallest absolute Gasteiger partial charge is 0.407 e. The third-order valence-electron chi connectivity index (χ3n) is 5.16. The molecule has 1 saturated carbocycles. The van der Waals surface area contributed by atoms with E-state index in [0.29, 0.717) is 22.3 Å². The van der Waals surface area contributed by atoms with Crippen molar-refractivity contribution in [3.8, 4) is 0 Å². The number of rotatable bonds is 6. The Hall–Kier alpha value is -2.91. The molecule has 1 aromatic carbocycles. The molecule has 10 heteroatoms. The summed E-state index contributed by atoms with van der Waals surface area (Å²) in [7, 11) is 0. The van der Waals surface area contributed by atoms with Gasteiger partial charge in [-0.25, -0.2) is 4.79 Å². The molecule has 174 valence electrons. The largest absolute Gasteiger partial charge is 0.444 e. The average molecular weight is 488 g/mol. The summed E-state index contributed by atoms with van der Waals surface area (Å²) in [6, 6.07) is 7.23. The van der Waals surface area contributed by atoms with Crippen molar-refractivity contribution in [1.82, 2.24) is 14.7 Å². The summed E-state index contributed by atoms with van der Waals surface area (Å²) in [5.41, 5.74) is 1.81. The number of hydrogen-bond donors (Lipinski definition) is 3. The molecule has 0 radical (unpaired) electrons. The maximum Gasteiger partial charge on any atom is 0.407 e. The van der Waals surface area contributed by atoms with Gasteiger partial charge in [0, 0.05) is 18.8 Å². The van der Waals surface area contributed by atoms with Crippen LogP contribution in [0.4, 0.5) is 16.3 Å². The van der Waals surface area contributed by atoms with E-state index in [1.165, 1.54) is 18.0 Å². The van der Waals surface area contributed by atoms with Gasteiger partial charge in [-0.2, -0.15) is 4.37 Å². The Labute approximate surface area is 201 Å². The van der Waals surface area contributed by atoms with Gasteiger partial charge in [0.1, 0.15) is 11.1 Å². The molecule has 0 unspecified atom stereocenters. The SMILES string of the molecule is CC(C)(C)OC(=O)NCc1ccc(Cl)c(C(=O)Nc2ccnc3c(NC4CCC4)nsc23)c1. The number of nitrogens with zero attached hydrogens (tertiary/aromatic N) is 2. The normalized spacial score (nSPS) is 13.9. The Morgan fingerprint density at radius 2 is 2.03 bits per heavy atom. The molecule has 2 amide bonds. The zero-order valence-corrected chi connectivity index (χ0v) is 20.3. The van der Waals surface area contributed by atoms with Crippen molar-refractivity contribution in [2.45, 2.75) is 58.2 Å². The number of ether oxygens (including phenoxy) is 1. The van der Waals surface area contributed by atoms with E-state index >= 15 is 0 Å². The van der Waals surface area contributed by atoms with Crippen LogP contribution in [0.3, 0.4) is 0 Å². The van der Waals surface area contributed by atoms with Gasteiger partial charge in [0.15, 0.2) is 5.82 Å². The second kappa shape index (κ2) is 9.52. The summed E-state index contributed by atoms with van der Waals surface area (Å²) >= 11 is 7.60. The Balaban J connectivity index is 1.47. The number of anilines is 2. The lowest BCUT2D eigenvalue weighted by molar-refractivity contribution is 0.0523. The van der Waals surface area contributed by atoms with Crippen molar-refractivity contribution in [2.75, 3.05) is 10.6 Å². The number of carbonyl (C=O) groups excluding carboxylic acids is 2. The molecule has 1 aliphatic carbocycles. The van der Waals surface area contributed by atoms with Gasteiger partial charge in [0.25, 0.3) is 5.91 Å². The summed E-state index contributed by atoms with van der Waals surface area (Å²) in [5, 5.41) is 9.35. The molecule has 0 saturated heterocycles. The Bertz CT molecular complexity index is 1190. The quantitative estimate of drug-likeness (QED) is 0.418. The number of alkyl carbamates (subject to hydrolysis) is 1. The first-order chi connectivity index (χ1) is 15.7. The van der Waals surface area contributed by atoms with Gasteiger partial charge in [-0.15, -0.1) is 0 Å². The van der Waals surface area contributed by atoms with Crippen molar-refractivity contribution in [3.05, 3.63) is 46.6 Å². The fourth-order valence-electron chi connectivity index (χ4n) is 3.32.